The molecule has 2 amide bonds. The third-order valence-corrected chi connectivity index (χ3v) is 7.75. The molecule has 0 spiro atoms. The van der Waals surface area contributed by atoms with Gasteiger partial charge in [0.1, 0.15) is 11.8 Å². The van der Waals surface area contributed by atoms with Crippen molar-refractivity contribution >= 4 is 50.9 Å². The zero-order chi connectivity index (χ0) is 27.7. The summed E-state index contributed by atoms with van der Waals surface area (Å²) < 4.78 is 6.69. The molecule has 5 nitrogen and oxygen atoms in total. The molecule has 0 aliphatic rings. The van der Waals surface area contributed by atoms with Gasteiger partial charge in [-0.05, 0) is 71.1 Å². The van der Waals surface area contributed by atoms with Crippen molar-refractivity contribution in [2.75, 3.05) is 6.61 Å². The Balaban J connectivity index is 1.96. The van der Waals surface area contributed by atoms with Crippen LogP contribution >= 0.6 is 39.1 Å². The van der Waals surface area contributed by atoms with Gasteiger partial charge < -0.3 is 15.0 Å². The molecule has 0 aliphatic heterocycles. The highest BCUT2D eigenvalue weighted by Crippen LogP contribution is 2.29. The van der Waals surface area contributed by atoms with Gasteiger partial charge in [-0.2, -0.15) is 0 Å². The van der Waals surface area contributed by atoms with Crippen LogP contribution in [0.4, 0.5) is 0 Å². The fourth-order valence-corrected chi connectivity index (χ4v) is 5.01. The van der Waals surface area contributed by atoms with Crippen molar-refractivity contribution in [3.8, 4) is 5.75 Å². The molecule has 38 heavy (non-hydrogen) atoms. The fourth-order valence-electron chi connectivity index (χ4n) is 3.95. The lowest BCUT2D eigenvalue weighted by Crippen LogP contribution is -2.53. The van der Waals surface area contributed by atoms with E-state index in [0.717, 1.165) is 28.4 Å². The number of nitrogens with one attached hydrogen (secondary N) is 1. The van der Waals surface area contributed by atoms with E-state index in [-0.39, 0.29) is 31.0 Å². The minimum Gasteiger partial charge on any atom is -0.483 e. The van der Waals surface area contributed by atoms with E-state index in [4.69, 9.17) is 27.9 Å². The fraction of sp³-hybridized carbons (Fsp3) is 0.333. The summed E-state index contributed by atoms with van der Waals surface area (Å²) in [6.45, 7) is 5.81. The van der Waals surface area contributed by atoms with Crippen LogP contribution in [0, 0.1) is 0 Å². The Morgan fingerprint density at radius 1 is 0.974 bits per heavy atom. The number of aryl methyl sites for hydroxylation is 1. The van der Waals surface area contributed by atoms with Crippen LogP contribution in [0.25, 0.3) is 0 Å². The molecular formula is C30H33BrCl2N2O3. The third-order valence-electron chi connectivity index (χ3n) is 6.42. The lowest BCUT2D eigenvalue weighted by atomic mass is 10.0. The maximum atomic E-state index is 13.8. The molecule has 0 unspecified atom stereocenters. The average molecular weight is 620 g/mol. The number of ether oxygens (including phenoxy) is 1. The van der Waals surface area contributed by atoms with Crippen molar-refractivity contribution in [2.24, 2.45) is 0 Å². The van der Waals surface area contributed by atoms with Gasteiger partial charge in [0.2, 0.25) is 5.91 Å². The number of benzene rings is 3. The first-order chi connectivity index (χ1) is 18.2. The topological polar surface area (TPSA) is 58.6 Å². The first kappa shape index (κ1) is 30.0. The van der Waals surface area contributed by atoms with Crippen molar-refractivity contribution in [3.05, 3.63) is 97.9 Å². The van der Waals surface area contributed by atoms with Crippen LogP contribution in [-0.2, 0) is 29.0 Å². The van der Waals surface area contributed by atoms with Crippen molar-refractivity contribution < 1.29 is 14.3 Å². The summed E-state index contributed by atoms with van der Waals surface area (Å²) in [5.74, 6) is -0.0455. The van der Waals surface area contributed by atoms with Gasteiger partial charge in [-0.1, -0.05) is 79.5 Å². The average Bonchev–Trinajstić information content (AvgIpc) is 2.91. The first-order valence-corrected chi connectivity index (χ1v) is 14.3. The lowest BCUT2D eigenvalue weighted by molar-refractivity contribution is -0.143. The molecule has 1 N–H and O–H groups in total. The summed E-state index contributed by atoms with van der Waals surface area (Å²) >= 11 is 16.5. The molecule has 0 saturated heterocycles. The molecule has 2 atom stereocenters. The molecule has 0 saturated carbocycles. The van der Waals surface area contributed by atoms with Crippen molar-refractivity contribution in [1.82, 2.24) is 10.2 Å². The number of hydrogen-bond acceptors (Lipinski definition) is 3. The summed E-state index contributed by atoms with van der Waals surface area (Å²) in [7, 11) is 0. The maximum absolute atomic E-state index is 13.8. The van der Waals surface area contributed by atoms with E-state index in [2.05, 4.69) is 28.2 Å². The molecule has 0 fully saturated rings. The Kier molecular flexibility index (Phi) is 11.5. The molecule has 0 heterocycles. The van der Waals surface area contributed by atoms with Crippen LogP contribution in [0.3, 0.4) is 0 Å². The summed E-state index contributed by atoms with van der Waals surface area (Å²) in [5.41, 5.74) is 2.65. The standard InChI is InChI=1S/C30H33BrCl2N2O3/c1-4-20(3)34-30(37)27(17-22-10-7-6-8-11-22)35(18-23-25(32)12-9-13-26(23)33)29(36)19-38-28-15-14-21(5-2)16-24(28)31/h6-16,20,27H,4-5,17-19H2,1-3H3,(H,34,37)/t20-,27-/m0/s1. The van der Waals surface area contributed by atoms with E-state index >= 15 is 0 Å². The monoisotopic (exact) mass is 618 g/mol. The molecule has 3 aromatic rings. The van der Waals surface area contributed by atoms with Gasteiger partial charge in [-0.3, -0.25) is 9.59 Å². The van der Waals surface area contributed by atoms with Crippen LogP contribution in [0.5, 0.6) is 5.75 Å². The molecule has 0 bridgehead atoms. The minimum atomic E-state index is -0.805. The summed E-state index contributed by atoms with van der Waals surface area (Å²) in [6.07, 6.45) is 1.97. The summed E-state index contributed by atoms with van der Waals surface area (Å²) in [4.78, 5) is 28.9. The van der Waals surface area contributed by atoms with Crippen LogP contribution in [0.2, 0.25) is 10.0 Å². The van der Waals surface area contributed by atoms with E-state index in [1.165, 1.54) is 4.90 Å². The SMILES string of the molecule is CCc1ccc(OCC(=O)N(Cc2c(Cl)cccc2Cl)[C@@H](Cc2ccccc2)C(=O)N[C@@H](C)CC)c(Br)c1. The zero-order valence-corrected chi connectivity index (χ0v) is 24.9. The largest absolute Gasteiger partial charge is 0.483 e. The summed E-state index contributed by atoms with van der Waals surface area (Å²) in [5, 5.41) is 3.90. The minimum absolute atomic E-state index is 0.0501. The number of halogens is 3. The van der Waals surface area contributed by atoms with E-state index in [1.54, 1.807) is 18.2 Å². The Bertz CT molecular complexity index is 1220. The number of amides is 2. The molecule has 0 aliphatic carbocycles. The molecule has 0 aromatic heterocycles. The van der Waals surface area contributed by atoms with Gasteiger partial charge in [0, 0.05) is 34.6 Å². The van der Waals surface area contributed by atoms with E-state index in [1.807, 2.05) is 62.4 Å². The Morgan fingerprint density at radius 3 is 2.26 bits per heavy atom. The highest BCUT2D eigenvalue weighted by molar-refractivity contribution is 9.10. The van der Waals surface area contributed by atoms with Gasteiger partial charge in [-0.25, -0.2) is 0 Å². The zero-order valence-electron chi connectivity index (χ0n) is 21.8. The van der Waals surface area contributed by atoms with Crippen LogP contribution in [0.15, 0.2) is 71.2 Å². The van der Waals surface area contributed by atoms with Crippen LogP contribution < -0.4 is 10.1 Å². The van der Waals surface area contributed by atoms with Crippen molar-refractivity contribution in [3.63, 3.8) is 0 Å². The number of carbonyl (C=O) groups excluding carboxylic acids is 2. The predicted molar refractivity (Wildman–Crippen MR) is 158 cm³/mol. The van der Waals surface area contributed by atoms with Gasteiger partial charge >= 0.3 is 0 Å². The first-order valence-electron chi connectivity index (χ1n) is 12.7. The van der Waals surface area contributed by atoms with E-state index in [9.17, 15) is 9.59 Å². The molecule has 202 valence electrons. The van der Waals surface area contributed by atoms with Crippen molar-refractivity contribution in [2.45, 2.75) is 58.7 Å². The quantitative estimate of drug-likeness (QED) is 0.232. The van der Waals surface area contributed by atoms with Crippen molar-refractivity contribution in [1.29, 1.82) is 0 Å². The smallest absolute Gasteiger partial charge is 0.261 e. The number of hydrogen-bond donors (Lipinski definition) is 1. The van der Waals surface area contributed by atoms with Gasteiger partial charge in [0.15, 0.2) is 6.61 Å². The maximum Gasteiger partial charge on any atom is 0.261 e. The van der Waals surface area contributed by atoms with Gasteiger partial charge in [0.05, 0.1) is 4.47 Å². The van der Waals surface area contributed by atoms with Crippen LogP contribution in [-0.4, -0.2) is 35.4 Å². The van der Waals surface area contributed by atoms with Crippen LogP contribution in [0.1, 0.15) is 43.9 Å². The highest BCUT2D eigenvalue weighted by atomic mass is 79.9. The highest BCUT2D eigenvalue weighted by Gasteiger charge is 2.32. The summed E-state index contributed by atoms with van der Waals surface area (Å²) in [6, 6.07) is 19.7. The second kappa shape index (κ2) is 14.6. The van der Waals surface area contributed by atoms with Gasteiger partial charge in [-0.15, -0.1) is 0 Å². The molecule has 3 rings (SSSR count). The Hall–Kier alpha value is -2.54. The Morgan fingerprint density at radius 2 is 1.66 bits per heavy atom. The molecule has 8 heteroatoms. The molecular weight excluding hydrogens is 587 g/mol. The third kappa shape index (κ3) is 8.23. The normalized spacial score (nSPS) is 12.5. The predicted octanol–water partition coefficient (Wildman–Crippen LogP) is 7.25. The van der Waals surface area contributed by atoms with Gasteiger partial charge in [0.25, 0.3) is 5.91 Å². The number of rotatable bonds is 12. The molecule has 0 radical (unpaired) electrons. The lowest BCUT2D eigenvalue weighted by Gasteiger charge is -2.32. The second-order valence-corrected chi connectivity index (χ2v) is 10.8. The van der Waals surface area contributed by atoms with E-state index in [0.29, 0.717) is 27.8 Å². The number of carbonyl (C=O) groups is 2. The number of nitrogens with zero attached hydrogens (tertiary/aromatic N) is 1. The van der Waals surface area contributed by atoms with E-state index < -0.39 is 6.04 Å². The molecule has 3 aromatic carbocycles. The second-order valence-electron chi connectivity index (χ2n) is 9.15. The Labute approximate surface area is 243 Å².